The lowest BCUT2D eigenvalue weighted by Crippen LogP contribution is -2.43. The van der Waals surface area contributed by atoms with Gasteiger partial charge in [0.05, 0.1) is 3.57 Å². The summed E-state index contributed by atoms with van der Waals surface area (Å²) >= 11 is 2.18. The van der Waals surface area contributed by atoms with Crippen LogP contribution in [0.1, 0.15) is 39.3 Å². The van der Waals surface area contributed by atoms with Crippen molar-refractivity contribution in [3.8, 4) is 16.9 Å². The minimum atomic E-state index is -2.58. The first-order valence-electron chi connectivity index (χ1n) is 8.13. The van der Waals surface area contributed by atoms with E-state index in [0.717, 1.165) is 21.3 Å². The van der Waals surface area contributed by atoms with E-state index in [1.54, 1.807) is 6.07 Å². The largest absolute Gasteiger partial charge is 0.491 e. The molecule has 0 saturated carbocycles. The fraction of sp³-hybridized carbons (Fsp3) is 0.421. The number of benzene rings is 1. The Hall–Kier alpha value is -1.28. The Morgan fingerprint density at radius 3 is 2.48 bits per heavy atom. The summed E-state index contributed by atoms with van der Waals surface area (Å²) in [5.74, 6) is 1.24. The molecule has 0 bridgehead atoms. The molecule has 6 heteroatoms. The van der Waals surface area contributed by atoms with E-state index in [0.29, 0.717) is 18.1 Å². The second-order valence-corrected chi connectivity index (χ2v) is 8.12. The quantitative estimate of drug-likeness (QED) is 0.561. The van der Waals surface area contributed by atoms with Crippen LogP contribution >= 0.6 is 22.6 Å². The maximum absolute atomic E-state index is 12.8. The maximum Gasteiger partial charge on any atom is 0.280 e. The molecule has 2 rings (SSSR count). The average molecular weight is 460 g/mol. The first kappa shape index (κ1) is 20.0. The van der Waals surface area contributed by atoms with Crippen LogP contribution in [0.2, 0.25) is 0 Å². The predicted octanol–water partition coefficient (Wildman–Crippen LogP) is 5.43. The molecule has 1 atom stereocenters. The van der Waals surface area contributed by atoms with E-state index in [1.165, 1.54) is 12.3 Å². The van der Waals surface area contributed by atoms with Crippen LogP contribution in [-0.4, -0.2) is 17.1 Å². The van der Waals surface area contributed by atoms with Gasteiger partial charge in [-0.2, -0.15) is 0 Å². The first-order valence-corrected chi connectivity index (χ1v) is 9.21. The van der Waals surface area contributed by atoms with Gasteiger partial charge in [-0.15, -0.1) is 0 Å². The highest BCUT2D eigenvalue weighted by atomic mass is 127. The second kappa shape index (κ2) is 8.40. The molecular weight excluding hydrogens is 437 g/mol. The fourth-order valence-electron chi connectivity index (χ4n) is 2.78. The fourth-order valence-corrected chi connectivity index (χ4v) is 3.45. The predicted molar refractivity (Wildman–Crippen MR) is 105 cm³/mol. The van der Waals surface area contributed by atoms with Gasteiger partial charge in [0.2, 0.25) is 0 Å². The molecule has 2 N–H and O–H groups in total. The third kappa shape index (κ3) is 5.88. The van der Waals surface area contributed by atoms with Gasteiger partial charge in [0.1, 0.15) is 18.1 Å². The van der Waals surface area contributed by atoms with Gasteiger partial charge in [0.15, 0.2) is 0 Å². The van der Waals surface area contributed by atoms with Gasteiger partial charge < -0.3 is 10.5 Å². The zero-order valence-electron chi connectivity index (χ0n) is 14.6. The zero-order valence-corrected chi connectivity index (χ0v) is 16.8. The van der Waals surface area contributed by atoms with Crippen molar-refractivity contribution < 1.29 is 13.5 Å². The topological polar surface area (TPSA) is 48.1 Å². The Kier molecular flexibility index (Phi) is 6.73. The molecular formula is C19H23F2IN2O. The summed E-state index contributed by atoms with van der Waals surface area (Å²) in [7, 11) is 0. The average Bonchev–Trinajstić information content (AvgIpc) is 2.52. The molecule has 3 nitrogen and oxygen atoms in total. The van der Waals surface area contributed by atoms with E-state index < -0.39 is 12.0 Å². The number of ether oxygens (including phenoxy) is 1. The minimum Gasteiger partial charge on any atom is -0.491 e. The van der Waals surface area contributed by atoms with Gasteiger partial charge in [-0.25, -0.2) is 8.78 Å². The standard InChI is InChI=1S/C19H23F2IN2O/c1-12(2)10-19(3,23)11-25-17-5-4-13(8-15(17)22)14-6-7-24-16(9-14)18(20)21/h4-9,12,18H,10-11,23H2,1-3H3. The molecule has 1 aromatic carbocycles. The van der Waals surface area contributed by atoms with Crippen LogP contribution in [0.5, 0.6) is 5.75 Å². The first-order chi connectivity index (χ1) is 11.7. The van der Waals surface area contributed by atoms with Crippen molar-refractivity contribution in [3.63, 3.8) is 0 Å². The monoisotopic (exact) mass is 460 g/mol. The summed E-state index contributed by atoms with van der Waals surface area (Å²) in [5, 5.41) is 0. The molecule has 0 spiro atoms. The summed E-state index contributed by atoms with van der Waals surface area (Å²) < 4.78 is 32.4. The van der Waals surface area contributed by atoms with Crippen LogP contribution in [0, 0.1) is 9.49 Å². The van der Waals surface area contributed by atoms with Crippen molar-refractivity contribution >= 4 is 22.6 Å². The van der Waals surface area contributed by atoms with Gasteiger partial charge in [-0.1, -0.05) is 19.9 Å². The van der Waals surface area contributed by atoms with Crippen LogP contribution in [0.3, 0.4) is 0 Å². The van der Waals surface area contributed by atoms with Crippen molar-refractivity contribution in [1.29, 1.82) is 0 Å². The molecule has 0 amide bonds. The summed E-state index contributed by atoms with van der Waals surface area (Å²) in [6.45, 7) is 6.67. The van der Waals surface area contributed by atoms with Gasteiger partial charge >= 0.3 is 0 Å². The number of nitrogens with zero attached hydrogens (tertiary/aromatic N) is 1. The van der Waals surface area contributed by atoms with Crippen molar-refractivity contribution in [3.05, 3.63) is 45.8 Å². The van der Waals surface area contributed by atoms with Crippen molar-refractivity contribution in [2.45, 2.75) is 39.2 Å². The highest BCUT2D eigenvalue weighted by Gasteiger charge is 2.21. The molecule has 2 aromatic rings. The number of aromatic nitrogens is 1. The highest BCUT2D eigenvalue weighted by molar-refractivity contribution is 14.1. The number of hydrogen-bond acceptors (Lipinski definition) is 3. The van der Waals surface area contributed by atoms with E-state index in [9.17, 15) is 8.78 Å². The van der Waals surface area contributed by atoms with Gasteiger partial charge in [-0.3, -0.25) is 4.98 Å². The third-order valence-corrected chi connectivity index (χ3v) is 4.54. The molecule has 0 radical (unpaired) electrons. The van der Waals surface area contributed by atoms with E-state index in [1.807, 2.05) is 25.1 Å². The van der Waals surface area contributed by atoms with E-state index >= 15 is 0 Å². The van der Waals surface area contributed by atoms with E-state index in [-0.39, 0.29) is 5.69 Å². The summed E-state index contributed by atoms with van der Waals surface area (Å²) in [5.41, 5.74) is 7.21. The van der Waals surface area contributed by atoms with Crippen LogP contribution in [0.4, 0.5) is 8.78 Å². The Bertz CT molecular complexity index is 720. The van der Waals surface area contributed by atoms with Crippen LogP contribution < -0.4 is 10.5 Å². The Morgan fingerprint density at radius 2 is 1.88 bits per heavy atom. The van der Waals surface area contributed by atoms with Gasteiger partial charge in [0.25, 0.3) is 6.43 Å². The van der Waals surface area contributed by atoms with Crippen molar-refractivity contribution in [1.82, 2.24) is 4.98 Å². The molecule has 25 heavy (non-hydrogen) atoms. The molecule has 0 aliphatic heterocycles. The summed E-state index contributed by atoms with van der Waals surface area (Å²) in [4.78, 5) is 3.69. The lowest BCUT2D eigenvalue weighted by Gasteiger charge is -2.27. The number of pyridine rings is 1. The van der Waals surface area contributed by atoms with Gasteiger partial charge in [-0.05, 0) is 77.2 Å². The Morgan fingerprint density at radius 1 is 1.20 bits per heavy atom. The molecule has 1 unspecified atom stereocenters. The number of hydrogen-bond donors (Lipinski definition) is 1. The minimum absolute atomic E-state index is 0.222. The molecule has 1 aromatic heterocycles. The normalized spacial score (nSPS) is 14.0. The zero-order chi connectivity index (χ0) is 18.6. The molecule has 0 aliphatic rings. The number of halogens is 3. The third-order valence-electron chi connectivity index (χ3n) is 3.70. The Balaban J connectivity index is 2.14. The maximum atomic E-state index is 12.8. The summed E-state index contributed by atoms with van der Waals surface area (Å²) in [6, 6.07) is 8.76. The molecule has 0 fully saturated rings. The molecule has 1 heterocycles. The van der Waals surface area contributed by atoms with E-state index in [4.69, 9.17) is 10.5 Å². The van der Waals surface area contributed by atoms with Crippen LogP contribution in [-0.2, 0) is 0 Å². The molecule has 0 saturated heterocycles. The SMILES string of the molecule is CC(C)CC(C)(N)COc1ccc(-c2ccnc(C(F)F)c2)cc1I. The smallest absolute Gasteiger partial charge is 0.280 e. The van der Waals surface area contributed by atoms with Crippen molar-refractivity contribution in [2.24, 2.45) is 11.7 Å². The number of nitrogens with two attached hydrogens (primary N) is 1. The lowest BCUT2D eigenvalue weighted by atomic mass is 9.93. The molecule has 0 aliphatic carbocycles. The highest BCUT2D eigenvalue weighted by Crippen LogP contribution is 2.30. The summed E-state index contributed by atoms with van der Waals surface area (Å²) in [6.07, 6.45) is -0.306. The lowest BCUT2D eigenvalue weighted by molar-refractivity contribution is 0.146. The Labute approximate surface area is 161 Å². The number of rotatable bonds is 7. The van der Waals surface area contributed by atoms with E-state index in [2.05, 4.69) is 41.4 Å². The van der Waals surface area contributed by atoms with Crippen LogP contribution in [0.15, 0.2) is 36.5 Å². The number of alkyl halides is 2. The van der Waals surface area contributed by atoms with Gasteiger partial charge in [0, 0.05) is 11.7 Å². The second-order valence-electron chi connectivity index (χ2n) is 6.96. The van der Waals surface area contributed by atoms with Crippen LogP contribution in [0.25, 0.3) is 11.1 Å². The van der Waals surface area contributed by atoms with Crippen molar-refractivity contribution in [2.75, 3.05) is 6.61 Å². The molecule has 136 valence electrons.